The van der Waals surface area contributed by atoms with Crippen LogP contribution in [0.2, 0.25) is 0 Å². The number of amides is 1. The number of anilines is 1. The first-order valence-corrected chi connectivity index (χ1v) is 7.40. The first-order valence-electron chi connectivity index (χ1n) is 7.40. The summed E-state index contributed by atoms with van der Waals surface area (Å²) >= 11 is 0. The normalized spacial score (nSPS) is 10.5. The van der Waals surface area contributed by atoms with Crippen molar-refractivity contribution in [1.82, 2.24) is 0 Å². The summed E-state index contributed by atoms with van der Waals surface area (Å²) in [6, 6.07) is 12.0. The highest BCUT2D eigenvalue weighted by molar-refractivity contribution is 5.93. The number of aryl methyl sites for hydroxylation is 1. The topological polar surface area (TPSA) is 40.5 Å². The fraction of sp³-hybridized carbons (Fsp3) is 0.278. The fourth-order valence-corrected chi connectivity index (χ4v) is 2.46. The third-order valence-corrected chi connectivity index (χ3v) is 3.56. The standard InChI is InChI=1S/C18H20FNO2/c1-3-4-11-20(18(21)22)16-10-6-9-15(19)17(16)14-8-5-7-13(2)12-14/h5-10,12H,3-4,11H2,1-2H3,(H,21,22). The Morgan fingerprint density at radius 3 is 2.59 bits per heavy atom. The molecule has 0 aliphatic heterocycles. The highest BCUT2D eigenvalue weighted by atomic mass is 19.1. The number of rotatable bonds is 5. The summed E-state index contributed by atoms with van der Waals surface area (Å²) in [6.45, 7) is 4.28. The molecule has 0 spiro atoms. The Hall–Kier alpha value is -2.36. The summed E-state index contributed by atoms with van der Waals surface area (Å²) in [5, 5.41) is 9.47. The van der Waals surface area contributed by atoms with Crippen molar-refractivity contribution in [2.75, 3.05) is 11.4 Å². The Balaban J connectivity index is 2.56. The summed E-state index contributed by atoms with van der Waals surface area (Å²) in [5.41, 5.74) is 2.43. The minimum Gasteiger partial charge on any atom is -0.465 e. The van der Waals surface area contributed by atoms with Crippen LogP contribution in [0.4, 0.5) is 14.9 Å². The third-order valence-electron chi connectivity index (χ3n) is 3.56. The molecule has 0 saturated heterocycles. The monoisotopic (exact) mass is 301 g/mol. The Kier molecular flexibility index (Phi) is 5.15. The molecule has 0 fully saturated rings. The van der Waals surface area contributed by atoms with Gasteiger partial charge in [0.2, 0.25) is 0 Å². The molecule has 0 aliphatic rings. The van der Waals surface area contributed by atoms with Gasteiger partial charge in [-0.15, -0.1) is 0 Å². The van der Waals surface area contributed by atoms with Gasteiger partial charge in [0.05, 0.1) is 5.69 Å². The zero-order valence-electron chi connectivity index (χ0n) is 12.8. The molecule has 1 amide bonds. The van der Waals surface area contributed by atoms with Crippen molar-refractivity contribution < 1.29 is 14.3 Å². The zero-order valence-corrected chi connectivity index (χ0v) is 12.8. The molecule has 0 heterocycles. The van der Waals surface area contributed by atoms with Gasteiger partial charge in [-0.05, 0) is 31.0 Å². The molecule has 0 unspecified atom stereocenters. The van der Waals surface area contributed by atoms with Crippen LogP contribution >= 0.6 is 0 Å². The van der Waals surface area contributed by atoms with Gasteiger partial charge in [0, 0.05) is 12.1 Å². The number of carbonyl (C=O) groups is 1. The van der Waals surface area contributed by atoms with Crippen molar-refractivity contribution in [2.45, 2.75) is 26.7 Å². The van der Waals surface area contributed by atoms with Crippen LogP contribution < -0.4 is 4.90 Å². The maximum Gasteiger partial charge on any atom is 0.411 e. The molecule has 0 aliphatic carbocycles. The molecule has 2 rings (SSSR count). The van der Waals surface area contributed by atoms with Crippen molar-refractivity contribution in [3.8, 4) is 11.1 Å². The lowest BCUT2D eigenvalue weighted by Crippen LogP contribution is -2.30. The Morgan fingerprint density at radius 1 is 1.23 bits per heavy atom. The molecule has 3 nitrogen and oxygen atoms in total. The number of benzene rings is 2. The van der Waals surface area contributed by atoms with Crippen LogP contribution in [0.15, 0.2) is 42.5 Å². The van der Waals surface area contributed by atoms with Crippen LogP contribution in [0.25, 0.3) is 11.1 Å². The first kappa shape index (κ1) is 16.0. The fourth-order valence-electron chi connectivity index (χ4n) is 2.46. The van der Waals surface area contributed by atoms with E-state index in [1.807, 2.05) is 32.0 Å². The number of halogens is 1. The van der Waals surface area contributed by atoms with E-state index in [0.717, 1.165) is 18.4 Å². The second-order valence-electron chi connectivity index (χ2n) is 5.29. The SMILES string of the molecule is CCCCN(C(=O)O)c1cccc(F)c1-c1cccc(C)c1. The first-order chi connectivity index (χ1) is 10.5. The smallest absolute Gasteiger partial charge is 0.411 e. The van der Waals surface area contributed by atoms with Crippen LogP contribution in [-0.4, -0.2) is 17.7 Å². The van der Waals surface area contributed by atoms with Gasteiger partial charge >= 0.3 is 6.09 Å². The molecule has 0 atom stereocenters. The lowest BCUT2D eigenvalue weighted by molar-refractivity contribution is 0.201. The molecular formula is C18H20FNO2. The lowest BCUT2D eigenvalue weighted by atomic mass is 10.0. The van der Waals surface area contributed by atoms with Gasteiger partial charge in [0.1, 0.15) is 5.82 Å². The van der Waals surface area contributed by atoms with Crippen molar-refractivity contribution in [3.05, 3.63) is 53.8 Å². The average Bonchev–Trinajstić information content (AvgIpc) is 2.47. The van der Waals surface area contributed by atoms with E-state index in [0.29, 0.717) is 23.4 Å². The molecule has 0 radical (unpaired) electrons. The number of carboxylic acid groups (broad SMARTS) is 1. The van der Waals surface area contributed by atoms with E-state index >= 15 is 0 Å². The highest BCUT2D eigenvalue weighted by Gasteiger charge is 2.20. The lowest BCUT2D eigenvalue weighted by Gasteiger charge is -2.22. The van der Waals surface area contributed by atoms with E-state index in [1.54, 1.807) is 18.2 Å². The van der Waals surface area contributed by atoms with Gasteiger partial charge in [0.25, 0.3) is 0 Å². The predicted molar refractivity (Wildman–Crippen MR) is 86.9 cm³/mol. The average molecular weight is 301 g/mol. The highest BCUT2D eigenvalue weighted by Crippen LogP contribution is 2.34. The van der Waals surface area contributed by atoms with Crippen LogP contribution in [0.5, 0.6) is 0 Å². The maximum atomic E-state index is 14.4. The van der Waals surface area contributed by atoms with E-state index in [9.17, 15) is 14.3 Å². The predicted octanol–water partition coefficient (Wildman–Crippen LogP) is 5.09. The minimum absolute atomic E-state index is 0.338. The molecule has 22 heavy (non-hydrogen) atoms. The van der Waals surface area contributed by atoms with Crippen molar-refractivity contribution in [1.29, 1.82) is 0 Å². The third kappa shape index (κ3) is 3.45. The quantitative estimate of drug-likeness (QED) is 0.836. The largest absolute Gasteiger partial charge is 0.465 e. The van der Waals surface area contributed by atoms with E-state index in [-0.39, 0.29) is 0 Å². The minimum atomic E-state index is -1.06. The van der Waals surface area contributed by atoms with E-state index in [4.69, 9.17) is 0 Å². The number of nitrogens with zero attached hydrogens (tertiary/aromatic N) is 1. The van der Waals surface area contributed by atoms with Crippen LogP contribution in [0.3, 0.4) is 0 Å². The Bertz CT molecular complexity index is 670. The van der Waals surface area contributed by atoms with E-state index in [1.165, 1.54) is 11.0 Å². The summed E-state index contributed by atoms with van der Waals surface area (Å²) < 4.78 is 14.4. The molecule has 0 saturated carbocycles. The van der Waals surface area contributed by atoms with Gasteiger partial charge in [-0.25, -0.2) is 9.18 Å². The summed E-state index contributed by atoms with van der Waals surface area (Å²) in [5.74, 6) is -0.411. The molecule has 0 bridgehead atoms. The second-order valence-corrected chi connectivity index (χ2v) is 5.29. The van der Waals surface area contributed by atoms with Crippen molar-refractivity contribution in [2.24, 2.45) is 0 Å². The maximum absolute atomic E-state index is 14.4. The van der Waals surface area contributed by atoms with Crippen LogP contribution in [0, 0.1) is 12.7 Å². The summed E-state index contributed by atoms with van der Waals surface area (Å²) in [6.07, 6.45) is 0.544. The number of unbranched alkanes of at least 4 members (excludes halogenated alkanes) is 1. The van der Waals surface area contributed by atoms with Gasteiger partial charge in [-0.1, -0.05) is 49.2 Å². The van der Waals surface area contributed by atoms with Crippen molar-refractivity contribution >= 4 is 11.8 Å². The molecule has 1 N–H and O–H groups in total. The number of hydrogen-bond acceptors (Lipinski definition) is 1. The van der Waals surface area contributed by atoms with Gasteiger partial charge in [0.15, 0.2) is 0 Å². The molecule has 116 valence electrons. The van der Waals surface area contributed by atoms with Gasteiger partial charge in [-0.2, -0.15) is 0 Å². The van der Waals surface area contributed by atoms with Gasteiger partial charge < -0.3 is 5.11 Å². The van der Waals surface area contributed by atoms with Crippen LogP contribution in [-0.2, 0) is 0 Å². The summed E-state index contributed by atoms with van der Waals surface area (Å²) in [4.78, 5) is 12.8. The molecule has 4 heteroatoms. The second kappa shape index (κ2) is 7.07. The summed E-state index contributed by atoms with van der Waals surface area (Å²) in [7, 11) is 0. The van der Waals surface area contributed by atoms with Crippen molar-refractivity contribution in [3.63, 3.8) is 0 Å². The van der Waals surface area contributed by atoms with Crippen LogP contribution in [0.1, 0.15) is 25.3 Å². The molecular weight excluding hydrogens is 281 g/mol. The molecule has 2 aromatic rings. The van der Waals surface area contributed by atoms with E-state index in [2.05, 4.69) is 0 Å². The Labute approximate surface area is 130 Å². The van der Waals surface area contributed by atoms with E-state index < -0.39 is 11.9 Å². The zero-order chi connectivity index (χ0) is 16.1. The molecule has 0 aromatic heterocycles. The Morgan fingerprint density at radius 2 is 1.95 bits per heavy atom. The molecule has 2 aromatic carbocycles. The van der Waals surface area contributed by atoms with Gasteiger partial charge in [-0.3, -0.25) is 4.90 Å². The number of hydrogen-bond donors (Lipinski definition) is 1.